The van der Waals surface area contributed by atoms with Crippen molar-refractivity contribution in [1.82, 2.24) is 0 Å². The fourth-order valence-electron chi connectivity index (χ4n) is 3.00. The van der Waals surface area contributed by atoms with Gasteiger partial charge < -0.3 is 4.74 Å². The summed E-state index contributed by atoms with van der Waals surface area (Å²) in [5.74, 6) is -0.00758. The Bertz CT molecular complexity index is 1050. The van der Waals surface area contributed by atoms with Gasteiger partial charge in [-0.2, -0.15) is 13.2 Å². The van der Waals surface area contributed by atoms with E-state index in [2.05, 4.69) is 4.58 Å². The molecule has 0 amide bonds. The maximum absolute atomic E-state index is 13.1. The van der Waals surface area contributed by atoms with Crippen LogP contribution >= 0.6 is 21.8 Å². The van der Waals surface area contributed by atoms with E-state index in [9.17, 15) is 33.0 Å². The highest BCUT2D eigenvalue weighted by Crippen LogP contribution is 2.51. The quantitative estimate of drug-likeness (QED) is 0.141. The Kier molecular flexibility index (Phi) is 8.84. The van der Waals surface area contributed by atoms with Crippen molar-refractivity contribution < 1.29 is 27.6 Å². The molecule has 180 valence electrons. The highest BCUT2D eigenvalue weighted by atomic mass is 35.5. The number of alkyl halides is 3. The molecule has 0 N–H and O–H groups in total. The van der Waals surface area contributed by atoms with Crippen molar-refractivity contribution in [2.75, 3.05) is 12.0 Å². The van der Waals surface area contributed by atoms with Gasteiger partial charge in [0.05, 0.1) is 15.5 Å². The van der Waals surface area contributed by atoms with Crippen molar-refractivity contribution in [1.29, 1.82) is 0 Å². The molecule has 0 aliphatic carbocycles. The van der Waals surface area contributed by atoms with E-state index in [0.717, 1.165) is 43.5 Å². The van der Waals surface area contributed by atoms with E-state index in [0.29, 0.717) is 12.5 Å². The Labute approximate surface area is 194 Å². The van der Waals surface area contributed by atoms with Crippen LogP contribution in [-0.2, 0) is 6.18 Å². The maximum atomic E-state index is 13.1. The third kappa shape index (κ3) is 6.67. The number of nitro benzene ring substituents is 1. The molecule has 0 aliphatic rings. The van der Waals surface area contributed by atoms with Gasteiger partial charge in [-0.1, -0.05) is 37.8 Å². The van der Waals surface area contributed by atoms with Crippen LogP contribution in [0, 0.1) is 15.0 Å². The molecule has 1 unspecified atom stereocenters. The molecule has 0 spiro atoms. The van der Waals surface area contributed by atoms with E-state index in [1.165, 1.54) is 12.3 Å². The van der Waals surface area contributed by atoms with Crippen molar-refractivity contribution >= 4 is 32.6 Å². The number of rotatable bonds is 10. The van der Waals surface area contributed by atoms with Crippen molar-refractivity contribution in [3.8, 4) is 11.5 Å². The minimum absolute atomic E-state index is 0.0655. The zero-order chi connectivity index (χ0) is 24.8. The van der Waals surface area contributed by atoms with Gasteiger partial charge in [0.15, 0.2) is 0 Å². The second-order valence-electron chi connectivity index (χ2n) is 7.35. The van der Waals surface area contributed by atoms with Crippen LogP contribution in [0.25, 0.3) is 0 Å². The van der Waals surface area contributed by atoms with E-state index < -0.39 is 37.7 Å². The summed E-state index contributed by atoms with van der Waals surface area (Å²) in [6.07, 6.45) is 0.0350. The van der Waals surface area contributed by atoms with Crippen LogP contribution in [0.15, 0.2) is 41.0 Å². The van der Waals surface area contributed by atoms with Crippen LogP contribution < -0.4 is 4.74 Å². The van der Waals surface area contributed by atoms with Gasteiger partial charge in [0.1, 0.15) is 17.1 Å². The molecule has 2 aromatic rings. The first-order valence-electron chi connectivity index (χ1n) is 9.91. The monoisotopic (exact) mass is 506 g/mol. The zero-order valence-electron chi connectivity index (χ0n) is 17.9. The summed E-state index contributed by atoms with van der Waals surface area (Å²) in [5.41, 5.74) is -1.85. The van der Waals surface area contributed by atoms with Gasteiger partial charge in [0.2, 0.25) is 5.12 Å². The second kappa shape index (κ2) is 11.0. The van der Waals surface area contributed by atoms with Crippen LogP contribution in [0.1, 0.15) is 48.5 Å². The maximum Gasteiger partial charge on any atom is 0.416 e. The number of carbonyl (C=O) groups is 1. The fraction of sp³-hybridized carbons (Fsp3) is 0.381. The van der Waals surface area contributed by atoms with Crippen molar-refractivity contribution in [3.05, 3.63) is 67.6 Å². The number of halogens is 4. The molecule has 1 atom stereocenters. The normalized spacial score (nSPS) is 14.2. The minimum Gasteiger partial charge on any atom is -0.456 e. The average molecular weight is 507 g/mol. The lowest BCUT2D eigenvalue weighted by molar-refractivity contribution is -0.385. The van der Waals surface area contributed by atoms with Gasteiger partial charge in [0, 0.05) is 11.8 Å². The van der Waals surface area contributed by atoms with Gasteiger partial charge in [-0.25, -0.2) is 0 Å². The van der Waals surface area contributed by atoms with Crippen molar-refractivity contribution in [2.24, 2.45) is 4.58 Å². The number of benzene rings is 2. The smallest absolute Gasteiger partial charge is 0.416 e. The van der Waals surface area contributed by atoms with Crippen molar-refractivity contribution in [2.45, 2.75) is 38.8 Å². The van der Waals surface area contributed by atoms with Gasteiger partial charge >= 0.3 is 6.18 Å². The zero-order valence-corrected chi connectivity index (χ0v) is 19.4. The lowest BCUT2D eigenvalue weighted by Crippen LogP contribution is -2.15. The highest BCUT2D eigenvalue weighted by Gasteiger charge is 2.35. The standard InChI is InChI=1S/C21H22ClF3N2O5S/c1-3-4-5-6-11-33(2,26-29)20(28)16-13-15(8-9-18(16)27(30)31)32-19-10-7-14(12-17(19)22)21(23,24)25/h7-10,12-13H,3-6,11H2,1-2H3. The predicted molar refractivity (Wildman–Crippen MR) is 122 cm³/mol. The molecule has 12 heteroatoms. The molecule has 0 heterocycles. The first-order chi connectivity index (χ1) is 15.4. The third-order valence-electron chi connectivity index (χ3n) is 4.83. The van der Waals surface area contributed by atoms with Crippen molar-refractivity contribution in [3.63, 3.8) is 0 Å². The minimum atomic E-state index is -4.60. The Balaban J connectivity index is 2.39. The summed E-state index contributed by atoms with van der Waals surface area (Å²) in [7, 11) is -2.75. The highest BCUT2D eigenvalue weighted by molar-refractivity contribution is 8.44. The summed E-state index contributed by atoms with van der Waals surface area (Å²) in [4.78, 5) is 35.4. The van der Waals surface area contributed by atoms with E-state index in [-0.39, 0.29) is 27.8 Å². The number of ether oxygens (including phenoxy) is 1. The van der Waals surface area contributed by atoms with Gasteiger partial charge in [-0.05, 0) is 57.8 Å². The number of hydrogen-bond acceptors (Lipinski definition) is 6. The number of nitro groups is 1. The molecule has 7 nitrogen and oxygen atoms in total. The van der Waals surface area contributed by atoms with Crippen LogP contribution in [0.4, 0.5) is 18.9 Å². The fourth-order valence-corrected chi connectivity index (χ4v) is 4.95. The first kappa shape index (κ1) is 26.6. The number of nitroso groups, excluding NO2 is 1. The number of unbranched alkanes of at least 4 members (excludes halogenated alkanes) is 3. The largest absolute Gasteiger partial charge is 0.456 e. The van der Waals surface area contributed by atoms with E-state index in [1.54, 1.807) is 0 Å². The van der Waals surface area contributed by atoms with Gasteiger partial charge in [0.25, 0.3) is 5.69 Å². The molecular weight excluding hydrogens is 485 g/mol. The summed E-state index contributed by atoms with van der Waals surface area (Å²) in [5, 5.41) is 10.4. The van der Waals surface area contributed by atoms with Gasteiger partial charge in [-0.3, -0.25) is 14.9 Å². The van der Waals surface area contributed by atoms with Crippen LogP contribution in [0.2, 0.25) is 5.02 Å². The van der Waals surface area contributed by atoms with E-state index in [4.69, 9.17) is 16.3 Å². The van der Waals surface area contributed by atoms with Crippen LogP contribution in [-0.4, -0.2) is 22.0 Å². The Hall–Kier alpha value is -2.66. The first-order valence-corrected chi connectivity index (χ1v) is 12.5. The van der Waals surface area contributed by atoms with E-state index >= 15 is 0 Å². The topological polar surface area (TPSA) is 98.9 Å². The lowest BCUT2D eigenvalue weighted by Gasteiger charge is -2.25. The summed E-state index contributed by atoms with van der Waals surface area (Å²) in [6, 6.07) is 5.75. The molecule has 0 aliphatic heterocycles. The number of nitrogens with zero attached hydrogens (tertiary/aromatic N) is 2. The number of carbonyl (C=O) groups excluding carboxylic acids is 1. The predicted octanol–water partition coefficient (Wildman–Crippen LogP) is 7.90. The lowest BCUT2D eigenvalue weighted by atomic mass is 10.2. The molecule has 2 rings (SSSR count). The molecule has 33 heavy (non-hydrogen) atoms. The Morgan fingerprint density at radius 3 is 2.42 bits per heavy atom. The number of hydrogen-bond donors (Lipinski definition) is 0. The van der Waals surface area contributed by atoms with Gasteiger partial charge in [-0.15, -0.1) is 4.91 Å². The average Bonchev–Trinajstić information content (AvgIpc) is 2.76. The molecule has 0 bridgehead atoms. The van der Waals surface area contributed by atoms with E-state index in [1.807, 2.05) is 6.92 Å². The summed E-state index contributed by atoms with van der Waals surface area (Å²) < 4.78 is 47.0. The molecular formula is C21H22ClF3N2O5S. The Morgan fingerprint density at radius 1 is 1.18 bits per heavy atom. The Morgan fingerprint density at radius 2 is 1.88 bits per heavy atom. The van der Waals surface area contributed by atoms with Crippen LogP contribution in [0.3, 0.4) is 0 Å². The molecule has 0 saturated carbocycles. The molecule has 0 aromatic heterocycles. The molecule has 0 radical (unpaired) electrons. The molecule has 2 aromatic carbocycles. The summed E-state index contributed by atoms with van der Waals surface area (Å²) in [6.45, 7) is 2.01. The molecule has 0 fully saturated rings. The summed E-state index contributed by atoms with van der Waals surface area (Å²) >= 11 is 5.89. The van der Waals surface area contributed by atoms with Crippen LogP contribution in [0.5, 0.6) is 11.5 Å². The third-order valence-corrected chi connectivity index (χ3v) is 7.56. The molecule has 0 saturated heterocycles. The second-order valence-corrected chi connectivity index (χ2v) is 10.8. The SMILES string of the molecule is CCCCCCS(C)(N=O)C(=O)c1cc(Oc2ccc(C(F)(F)F)cc2Cl)ccc1[N+](=O)[O-].